The van der Waals surface area contributed by atoms with Crippen molar-refractivity contribution in [3.8, 4) is 11.5 Å². The predicted molar refractivity (Wildman–Crippen MR) is 76.3 cm³/mol. The second kappa shape index (κ2) is 6.04. The van der Waals surface area contributed by atoms with Crippen molar-refractivity contribution < 1.29 is 14.3 Å². The van der Waals surface area contributed by atoms with Crippen LogP contribution in [0.5, 0.6) is 11.5 Å². The molecule has 0 aliphatic carbocycles. The van der Waals surface area contributed by atoms with Gasteiger partial charge in [0.25, 0.3) is 5.91 Å². The summed E-state index contributed by atoms with van der Waals surface area (Å²) in [5.74, 6) is 0.846. The van der Waals surface area contributed by atoms with Crippen LogP contribution < -0.4 is 14.9 Å². The Morgan fingerprint density at radius 3 is 2.81 bits per heavy atom. The minimum Gasteiger partial charge on any atom is -0.485 e. The zero-order valence-corrected chi connectivity index (χ0v) is 11.1. The molecule has 21 heavy (non-hydrogen) atoms. The van der Waals surface area contributed by atoms with Gasteiger partial charge in [-0.1, -0.05) is 12.1 Å². The van der Waals surface area contributed by atoms with Gasteiger partial charge in [0.1, 0.15) is 6.61 Å². The highest BCUT2D eigenvalue weighted by Crippen LogP contribution is 2.30. The number of nitrogens with zero attached hydrogens (tertiary/aromatic N) is 2. The molecule has 0 saturated carbocycles. The summed E-state index contributed by atoms with van der Waals surface area (Å²) in [4.78, 5) is 15.9. The van der Waals surface area contributed by atoms with Crippen LogP contribution in [0.15, 0.2) is 53.9 Å². The Hall–Kier alpha value is -2.89. The van der Waals surface area contributed by atoms with Crippen LogP contribution in [0.25, 0.3) is 0 Å². The minimum absolute atomic E-state index is 0.160. The smallest absolute Gasteiger partial charge is 0.284 e. The number of ether oxygens (including phenoxy) is 2. The molecular weight excluding hydrogens is 270 g/mol. The molecule has 1 aromatic carbocycles. The molecule has 1 aromatic heterocycles. The molecule has 2 aromatic rings. The number of carbonyl (C=O) groups excluding carboxylic acids is 1. The fourth-order valence-electron chi connectivity index (χ4n) is 1.84. The quantitative estimate of drug-likeness (QED) is 0.682. The maximum absolute atomic E-state index is 12.0. The van der Waals surface area contributed by atoms with E-state index in [1.165, 1.54) is 6.21 Å². The molecule has 6 heteroatoms. The highest BCUT2D eigenvalue weighted by atomic mass is 16.6. The lowest BCUT2D eigenvalue weighted by molar-refractivity contribution is -0.130. The molecule has 1 unspecified atom stereocenters. The van der Waals surface area contributed by atoms with Crippen LogP contribution in [-0.2, 0) is 4.79 Å². The molecule has 1 aliphatic rings. The fourth-order valence-corrected chi connectivity index (χ4v) is 1.84. The lowest BCUT2D eigenvalue weighted by Crippen LogP contribution is -2.42. The average molecular weight is 283 g/mol. The van der Waals surface area contributed by atoms with E-state index in [9.17, 15) is 4.79 Å². The average Bonchev–Trinajstić information content (AvgIpc) is 2.55. The number of nitrogens with one attached hydrogen (secondary N) is 1. The second-order valence-electron chi connectivity index (χ2n) is 4.38. The largest absolute Gasteiger partial charge is 0.485 e. The van der Waals surface area contributed by atoms with Gasteiger partial charge >= 0.3 is 0 Å². The number of rotatable bonds is 3. The molecule has 6 nitrogen and oxygen atoms in total. The van der Waals surface area contributed by atoms with Crippen LogP contribution in [0.3, 0.4) is 0 Å². The third-order valence-electron chi connectivity index (χ3n) is 2.90. The standard InChI is InChI=1S/C15H13N3O3/c19-15(18-17-9-11-5-7-16-8-6-11)14-10-20-12-3-1-2-4-13(12)21-14/h1-9,14H,10H2,(H,18,19)/b17-9-. The van der Waals surface area contributed by atoms with Gasteiger partial charge in [-0.25, -0.2) is 5.43 Å². The number of hydrogen-bond acceptors (Lipinski definition) is 5. The third kappa shape index (κ3) is 3.17. The summed E-state index contributed by atoms with van der Waals surface area (Å²) in [6.45, 7) is 0.160. The first-order chi connectivity index (χ1) is 10.3. The van der Waals surface area contributed by atoms with E-state index in [4.69, 9.17) is 9.47 Å². The zero-order valence-electron chi connectivity index (χ0n) is 11.1. The van der Waals surface area contributed by atoms with Gasteiger partial charge < -0.3 is 9.47 Å². The topological polar surface area (TPSA) is 72.8 Å². The monoisotopic (exact) mass is 283 g/mol. The molecule has 106 valence electrons. The van der Waals surface area contributed by atoms with Crippen LogP contribution in [0.2, 0.25) is 0 Å². The summed E-state index contributed by atoms with van der Waals surface area (Å²) in [6.07, 6.45) is 4.13. The molecule has 0 spiro atoms. The Balaban J connectivity index is 1.59. The molecule has 1 aliphatic heterocycles. The highest BCUT2D eigenvalue weighted by molar-refractivity contribution is 5.84. The van der Waals surface area contributed by atoms with E-state index < -0.39 is 6.10 Å². The number of benzene rings is 1. The van der Waals surface area contributed by atoms with Crippen LogP contribution in [0.4, 0.5) is 0 Å². The summed E-state index contributed by atoms with van der Waals surface area (Å²) in [6, 6.07) is 10.8. The van der Waals surface area contributed by atoms with Crippen molar-refractivity contribution in [2.24, 2.45) is 5.10 Å². The second-order valence-corrected chi connectivity index (χ2v) is 4.38. The summed E-state index contributed by atoms with van der Waals surface area (Å²) >= 11 is 0. The SMILES string of the molecule is O=C(N/N=C\c1ccncc1)C1COc2ccccc2O1. The Morgan fingerprint density at radius 1 is 1.24 bits per heavy atom. The predicted octanol–water partition coefficient (Wildman–Crippen LogP) is 1.37. The van der Waals surface area contributed by atoms with E-state index in [0.29, 0.717) is 11.5 Å². The normalized spacial score (nSPS) is 16.7. The van der Waals surface area contributed by atoms with Gasteiger partial charge in [0.2, 0.25) is 6.10 Å². The van der Waals surface area contributed by atoms with Crippen molar-refractivity contribution in [1.29, 1.82) is 0 Å². The molecule has 0 saturated heterocycles. The van der Waals surface area contributed by atoms with E-state index in [0.717, 1.165) is 5.56 Å². The van der Waals surface area contributed by atoms with Gasteiger partial charge in [-0.05, 0) is 29.8 Å². The van der Waals surface area contributed by atoms with E-state index in [1.54, 1.807) is 36.7 Å². The molecule has 3 rings (SSSR count). The number of amides is 1. The summed E-state index contributed by atoms with van der Waals surface area (Å²) < 4.78 is 11.1. The number of pyridine rings is 1. The molecule has 0 radical (unpaired) electrons. The molecule has 0 fully saturated rings. The lowest BCUT2D eigenvalue weighted by atomic mass is 10.2. The fraction of sp³-hybridized carbons (Fsp3) is 0.133. The van der Waals surface area contributed by atoms with E-state index >= 15 is 0 Å². The number of hydrogen-bond donors (Lipinski definition) is 1. The third-order valence-corrected chi connectivity index (χ3v) is 2.90. The Labute approximate surface area is 121 Å². The van der Waals surface area contributed by atoms with Crippen LogP contribution in [0, 0.1) is 0 Å². The van der Waals surface area contributed by atoms with Gasteiger partial charge in [-0.15, -0.1) is 0 Å². The Morgan fingerprint density at radius 2 is 2.00 bits per heavy atom. The number of aromatic nitrogens is 1. The minimum atomic E-state index is -0.713. The first-order valence-corrected chi connectivity index (χ1v) is 6.44. The molecular formula is C15H13N3O3. The highest BCUT2D eigenvalue weighted by Gasteiger charge is 2.26. The van der Waals surface area contributed by atoms with Gasteiger partial charge in [-0.2, -0.15) is 5.10 Å². The molecule has 0 bridgehead atoms. The van der Waals surface area contributed by atoms with Gasteiger partial charge in [-0.3, -0.25) is 9.78 Å². The summed E-state index contributed by atoms with van der Waals surface area (Å²) in [5, 5.41) is 3.88. The summed E-state index contributed by atoms with van der Waals surface area (Å²) in [5.41, 5.74) is 3.28. The van der Waals surface area contributed by atoms with Gasteiger partial charge in [0, 0.05) is 12.4 Å². The molecule has 2 heterocycles. The first-order valence-electron chi connectivity index (χ1n) is 6.44. The Kier molecular flexibility index (Phi) is 3.77. The van der Waals surface area contributed by atoms with Crippen molar-refractivity contribution in [2.75, 3.05) is 6.61 Å². The maximum atomic E-state index is 12.0. The lowest BCUT2D eigenvalue weighted by Gasteiger charge is -2.24. The van der Waals surface area contributed by atoms with Crippen molar-refractivity contribution >= 4 is 12.1 Å². The van der Waals surface area contributed by atoms with Crippen LogP contribution in [-0.4, -0.2) is 29.8 Å². The number of para-hydroxylation sites is 2. The van der Waals surface area contributed by atoms with Crippen molar-refractivity contribution in [2.45, 2.75) is 6.10 Å². The van der Waals surface area contributed by atoms with Gasteiger partial charge in [0.05, 0.1) is 6.21 Å². The van der Waals surface area contributed by atoms with Crippen LogP contribution in [0.1, 0.15) is 5.56 Å². The van der Waals surface area contributed by atoms with E-state index in [2.05, 4.69) is 15.5 Å². The maximum Gasteiger partial charge on any atom is 0.284 e. The number of fused-ring (bicyclic) bond motifs is 1. The van der Waals surface area contributed by atoms with Crippen molar-refractivity contribution in [3.05, 3.63) is 54.4 Å². The van der Waals surface area contributed by atoms with Crippen molar-refractivity contribution in [3.63, 3.8) is 0 Å². The van der Waals surface area contributed by atoms with Crippen molar-refractivity contribution in [1.82, 2.24) is 10.4 Å². The van der Waals surface area contributed by atoms with E-state index in [1.807, 2.05) is 12.1 Å². The number of hydrazone groups is 1. The number of carbonyl (C=O) groups is 1. The Bertz CT molecular complexity index is 658. The molecule has 1 N–H and O–H groups in total. The summed E-state index contributed by atoms with van der Waals surface area (Å²) in [7, 11) is 0. The first kappa shape index (κ1) is 13.1. The molecule has 1 atom stereocenters. The zero-order chi connectivity index (χ0) is 14.5. The van der Waals surface area contributed by atoms with E-state index in [-0.39, 0.29) is 12.5 Å². The van der Waals surface area contributed by atoms with Gasteiger partial charge in [0.15, 0.2) is 11.5 Å². The molecule has 1 amide bonds. The van der Waals surface area contributed by atoms with Crippen LogP contribution >= 0.6 is 0 Å².